The summed E-state index contributed by atoms with van der Waals surface area (Å²) in [4.78, 5) is 38.2. The molecule has 0 saturated carbocycles. The van der Waals surface area contributed by atoms with Gasteiger partial charge in [0.1, 0.15) is 13.2 Å². The minimum atomic E-state index is -0.788. The van der Waals surface area contributed by atoms with Crippen molar-refractivity contribution in [1.82, 2.24) is 0 Å². The quantitative estimate of drug-likeness (QED) is 0.0261. The number of unbranched alkanes of at least 4 members (excludes halogenated alkanes) is 35. The van der Waals surface area contributed by atoms with E-state index in [1.165, 1.54) is 193 Å². The van der Waals surface area contributed by atoms with Crippen LogP contribution < -0.4 is 0 Å². The summed E-state index contributed by atoms with van der Waals surface area (Å²) in [6.45, 7) is 6.61. The summed E-state index contributed by atoms with van der Waals surface area (Å²) >= 11 is 0. The second-order valence-corrected chi connectivity index (χ2v) is 20.6. The highest BCUT2D eigenvalue weighted by Crippen LogP contribution is 2.17. The molecule has 0 aliphatic carbocycles. The number of rotatable bonds is 56. The Morgan fingerprint density at radius 3 is 0.859 bits per heavy atom. The Kier molecular flexibility index (Phi) is 57.2. The van der Waals surface area contributed by atoms with Gasteiger partial charge < -0.3 is 14.2 Å². The van der Waals surface area contributed by atoms with E-state index in [1.54, 1.807) is 0 Å². The number of hydrogen-bond acceptors (Lipinski definition) is 6. The van der Waals surface area contributed by atoms with Crippen molar-refractivity contribution >= 4 is 17.9 Å². The molecule has 0 bridgehead atoms. The first-order chi connectivity index (χ1) is 35.0. The Balaban J connectivity index is 4.40. The minimum Gasteiger partial charge on any atom is -0.462 e. The number of allylic oxidation sites excluding steroid dienone is 10. The molecule has 0 heterocycles. The Morgan fingerprint density at radius 1 is 0.282 bits per heavy atom. The molecule has 412 valence electrons. The number of esters is 3. The topological polar surface area (TPSA) is 78.9 Å². The Morgan fingerprint density at radius 2 is 0.507 bits per heavy atom. The summed E-state index contributed by atoms with van der Waals surface area (Å²) in [7, 11) is 0. The lowest BCUT2D eigenvalue weighted by Crippen LogP contribution is -2.30. The normalized spacial score (nSPS) is 12.4. The van der Waals surface area contributed by atoms with Crippen LogP contribution in [0.15, 0.2) is 60.8 Å². The molecule has 0 amide bonds. The van der Waals surface area contributed by atoms with E-state index in [0.717, 1.165) is 83.5 Å². The lowest BCUT2D eigenvalue weighted by Gasteiger charge is -2.18. The largest absolute Gasteiger partial charge is 0.462 e. The smallest absolute Gasteiger partial charge is 0.306 e. The molecule has 0 aliphatic heterocycles. The first kappa shape index (κ1) is 68.1. The Hall–Kier alpha value is -2.89. The maximum Gasteiger partial charge on any atom is 0.306 e. The van der Waals surface area contributed by atoms with Gasteiger partial charge in [-0.1, -0.05) is 268 Å². The molecule has 0 aromatic carbocycles. The van der Waals surface area contributed by atoms with E-state index >= 15 is 0 Å². The van der Waals surface area contributed by atoms with Crippen LogP contribution in [0.4, 0.5) is 0 Å². The number of hydrogen-bond donors (Lipinski definition) is 0. The van der Waals surface area contributed by atoms with Gasteiger partial charge in [0.05, 0.1) is 0 Å². The van der Waals surface area contributed by atoms with Gasteiger partial charge in [0, 0.05) is 19.3 Å². The summed E-state index contributed by atoms with van der Waals surface area (Å²) in [5.41, 5.74) is 0. The van der Waals surface area contributed by atoms with E-state index in [1.807, 2.05) is 0 Å². The van der Waals surface area contributed by atoms with E-state index in [-0.39, 0.29) is 31.1 Å². The molecule has 0 rings (SSSR count). The van der Waals surface area contributed by atoms with Gasteiger partial charge >= 0.3 is 17.9 Å². The lowest BCUT2D eigenvalue weighted by atomic mass is 10.0. The summed E-state index contributed by atoms with van der Waals surface area (Å²) in [6.07, 6.45) is 75.0. The molecule has 1 atom stereocenters. The third-order valence-corrected chi connectivity index (χ3v) is 13.5. The van der Waals surface area contributed by atoms with Gasteiger partial charge in [-0.2, -0.15) is 0 Å². The second kappa shape index (κ2) is 59.7. The predicted octanol–water partition coefficient (Wildman–Crippen LogP) is 20.8. The molecule has 6 nitrogen and oxygen atoms in total. The van der Waals surface area contributed by atoms with Crippen molar-refractivity contribution in [3.63, 3.8) is 0 Å². The number of carbonyl (C=O) groups excluding carboxylic acids is 3. The van der Waals surface area contributed by atoms with Crippen LogP contribution >= 0.6 is 0 Å². The van der Waals surface area contributed by atoms with Crippen LogP contribution in [0.5, 0.6) is 0 Å². The van der Waals surface area contributed by atoms with Crippen LogP contribution in [0.25, 0.3) is 0 Å². The van der Waals surface area contributed by atoms with Crippen molar-refractivity contribution in [2.45, 2.75) is 322 Å². The van der Waals surface area contributed by atoms with Crippen molar-refractivity contribution in [3.8, 4) is 0 Å². The van der Waals surface area contributed by atoms with Gasteiger partial charge in [-0.05, 0) is 89.9 Å². The number of carbonyl (C=O) groups is 3. The van der Waals surface area contributed by atoms with E-state index in [2.05, 4.69) is 81.5 Å². The summed E-state index contributed by atoms with van der Waals surface area (Å²) in [5, 5.41) is 0. The zero-order valence-corrected chi connectivity index (χ0v) is 47.2. The first-order valence-electron chi connectivity index (χ1n) is 30.8. The average molecular weight is 994 g/mol. The van der Waals surface area contributed by atoms with E-state index in [4.69, 9.17) is 14.2 Å². The van der Waals surface area contributed by atoms with Crippen LogP contribution in [0.3, 0.4) is 0 Å². The third kappa shape index (κ3) is 57.9. The van der Waals surface area contributed by atoms with Crippen molar-refractivity contribution < 1.29 is 28.6 Å². The van der Waals surface area contributed by atoms with Crippen molar-refractivity contribution in [2.24, 2.45) is 0 Å². The van der Waals surface area contributed by atoms with Crippen LogP contribution in [-0.2, 0) is 28.6 Å². The third-order valence-electron chi connectivity index (χ3n) is 13.5. The van der Waals surface area contributed by atoms with Gasteiger partial charge in [0.15, 0.2) is 6.10 Å². The van der Waals surface area contributed by atoms with Gasteiger partial charge in [0.25, 0.3) is 0 Å². The van der Waals surface area contributed by atoms with Crippen LogP contribution in [-0.4, -0.2) is 37.2 Å². The minimum absolute atomic E-state index is 0.0840. The van der Waals surface area contributed by atoms with Crippen LogP contribution in [0.2, 0.25) is 0 Å². The Bertz CT molecular complexity index is 1280. The fourth-order valence-electron chi connectivity index (χ4n) is 8.83. The first-order valence-corrected chi connectivity index (χ1v) is 30.8. The molecule has 0 radical (unpaired) electrons. The van der Waals surface area contributed by atoms with Crippen LogP contribution in [0.1, 0.15) is 316 Å². The van der Waals surface area contributed by atoms with E-state index in [9.17, 15) is 14.4 Å². The van der Waals surface area contributed by atoms with Crippen LogP contribution in [0, 0.1) is 0 Å². The fraction of sp³-hybridized carbons (Fsp3) is 0.800. The van der Waals surface area contributed by atoms with Gasteiger partial charge in [-0.25, -0.2) is 0 Å². The van der Waals surface area contributed by atoms with Crippen molar-refractivity contribution in [1.29, 1.82) is 0 Å². The molecule has 0 unspecified atom stereocenters. The average Bonchev–Trinajstić information content (AvgIpc) is 3.37. The molecule has 0 spiro atoms. The molecule has 0 aliphatic rings. The molecule has 0 saturated heterocycles. The maximum atomic E-state index is 12.9. The SMILES string of the molecule is CCCCC/C=C/C/C=C/C/C=C/C/C=C/CCCCCC(=O)OC[C@@H](COC(=O)CCCCCCCCC/C=C/CCCCCC)OC(=O)CCCCCCCCCCCCCCCCCCCCC. The maximum absolute atomic E-state index is 12.9. The van der Waals surface area contributed by atoms with Gasteiger partial charge in [-0.3, -0.25) is 14.4 Å². The molecule has 71 heavy (non-hydrogen) atoms. The molecule has 0 N–H and O–H groups in total. The molecular weight excluding hydrogens is 877 g/mol. The zero-order valence-electron chi connectivity index (χ0n) is 47.2. The van der Waals surface area contributed by atoms with E-state index in [0.29, 0.717) is 19.3 Å². The highest BCUT2D eigenvalue weighted by molar-refractivity contribution is 5.71. The standard InChI is InChI=1S/C65H116O6/c1-4-7-10-13-16-19-22-25-28-30-32-34-37-40-43-46-49-52-55-58-64(67)70-61-62(60-69-63(66)57-54-51-48-45-42-39-36-27-24-21-18-15-12-9-6-3)71-65(68)59-56-53-50-47-44-41-38-35-33-31-29-26-23-20-17-14-11-8-5-2/h16,19,21,24-25,28,32,34,40,43,62H,4-15,17-18,20,22-23,26-27,29-31,33,35-39,41-42,44-61H2,1-3H3/b19-16+,24-21+,28-25+,34-32+,43-40+/t62-/m1/s1. The molecule has 0 fully saturated rings. The molecule has 0 aromatic heterocycles. The van der Waals surface area contributed by atoms with Gasteiger partial charge in [-0.15, -0.1) is 0 Å². The second-order valence-electron chi connectivity index (χ2n) is 20.6. The summed E-state index contributed by atoms with van der Waals surface area (Å²) < 4.78 is 16.9. The van der Waals surface area contributed by atoms with E-state index < -0.39 is 6.10 Å². The lowest BCUT2D eigenvalue weighted by molar-refractivity contribution is -0.167. The monoisotopic (exact) mass is 993 g/mol. The van der Waals surface area contributed by atoms with Crippen molar-refractivity contribution in [2.75, 3.05) is 13.2 Å². The highest BCUT2D eigenvalue weighted by Gasteiger charge is 2.19. The predicted molar refractivity (Wildman–Crippen MR) is 307 cm³/mol. The Labute approximate surface area is 440 Å². The molecular formula is C65H116O6. The summed E-state index contributed by atoms with van der Waals surface area (Å²) in [6, 6.07) is 0. The summed E-state index contributed by atoms with van der Waals surface area (Å²) in [5.74, 6) is -0.903. The molecule has 0 aromatic rings. The van der Waals surface area contributed by atoms with Crippen molar-refractivity contribution in [3.05, 3.63) is 60.8 Å². The zero-order chi connectivity index (χ0) is 51.4. The van der Waals surface area contributed by atoms with Gasteiger partial charge in [0.2, 0.25) is 0 Å². The molecule has 6 heteroatoms. The number of ether oxygens (including phenoxy) is 3. The highest BCUT2D eigenvalue weighted by atomic mass is 16.6. The fourth-order valence-corrected chi connectivity index (χ4v) is 8.83.